The van der Waals surface area contributed by atoms with Crippen molar-refractivity contribution in [3.05, 3.63) is 29.8 Å². The average Bonchev–Trinajstić information content (AvgIpc) is 2.21. The van der Waals surface area contributed by atoms with Crippen LogP contribution in [0.4, 0.5) is 0 Å². The van der Waals surface area contributed by atoms with Crippen LogP contribution in [0.2, 0.25) is 0 Å². The van der Waals surface area contributed by atoms with Crippen LogP contribution >= 0.6 is 11.6 Å². The summed E-state index contributed by atoms with van der Waals surface area (Å²) in [5, 5.41) is 8.98. The van der Waals surface area contributed by atoms with Crippen molar-refractivity contribution in [2.24, 2.45) is 0 Å². The molecule has 0 heterocycles. The van der Waals surface area contributed by atoms with E-state index in [2.05, 4.69) is 0 Å². The number of nitrogens with zero attached hydrogens (tertiary/aromatic N) is 1. The molecule has 0 radical (unpaired) electrons. The predicted molar refractivity (Wildman–Crippen MR) is 59.2 cm³/mol. The van der Waals surface area contributed by atoms with E-state index in [1.807, 2.05) is 0 Å². The molecule has 0 unspecified atom stereocenters. The quantitative estimate of drug-likeness (QED) is 0.820. The fraction of sp³-hybridized carbons (Fsp3) is 0.333. The lowest BCUT2D eigenvalue weighted by molar-refractivity contribution is 0.437. The Labute approximate surface area is 94.1 Å². The summed E-state index contributed by atoms with van der Waals surface area (Å²) in [6.45, 7) is 0.113. The molecule has 0 aromatic heterocycles. The summed E-state index contributed by atoms with van der Waals surface area (Å²) in [4.78, 5) is 0. The molecule has 0 atom stereocenters. The van der Waals surface area contributed by atoms with Crippen molar-refractivity contribution < 1.29 is 13.5 Å². The zero-order chi connectivity index (χ0) is 11.5. The number of para-hydroxylation sites is 1. The summed E-state index contributed by atoms with van der Waals surface area (Å²) in [6, 6.07) is 6.58. The van der Waals surface area contributed by atoms with Gasteiger partial charge in [-0.2, -0.15) is 4.31 Å². The molecule has 1 aromatic rings. The molecule has 6 heteroatoms. The topological polar surface area (TPSA) is 57.6 Å². The minimum absolute atomic E-state index is 0.0779. The molecule has 0 spiro atoms. The average molecular weight is 250 g/mol. The van der Waals surface area contributed by atoms with Gasteiger partial charge in [0.15, 0.2) is 0 Å². The largest absolute Gasteiger partial charge is 0.508 e. The number of benzene rings is 1. The molecule has 0 bridgehead atoms. The zero-order valence-corrected chi connectivity index (χ0v) is 9.79. The second kappa shape index (κ2) is 4.83. The summed E-state index contributed by atoms with van der Waals surface area (Å²) < 4.78 is 23.8. The van der Waals surface area contributed by atoms with E-state index in [0.29, 0.717) is 5.56 Å². The number of hydrogen-bond acceptors (Lipinski definition) is 3. The standard InChI is InChI=1S/C9H12ClNO3S/c1-11(15(13,14)7-10)6-8-4-2-3-5-9(8)12/h2-5,12H,6-7H2,1H3. The van der Waals surface area contributed by atoms with Gasteiger partial charge in [-0.25, -0.2) is 8.42 Å². The maximum atomic E-state index is 11.3. The van der Waals surface area contributed by atoms with Crippen LogP contribution in [-0.4, -0.2) is 30.1 Å². The lowest BCUT2D eigenvalue weighted by Crippen LogP contribution is -2.27. The molecule has 1 aromatic carbocycles. The number of alkyl halides is 1. The van der Waals surface area contributed by atoms with Crippen molar-refractivity contribution in [1.82, 2.24) is 4.31 Å². The number of halogens is 1. The highest BCUT2D eigenvalue weighted by Gasteiger charge is 2.17. The first-order valence-corrected chi connectivity index (χ1v) is 6.38. The number of hydrogen-bond donors (Lipinski definition) is 1. The van der Waals surface area contributed by atoms with Crippen molar-refractivity contribution in [2.45, 2.75) is 6.54 Å². The van der Waals surface area contributed by atoms with Crippen LogP contribution < -0.4 is 0 Å². The van der Waals surface area contributed by atoms with Crippen LogP contribution in [0.3, 0.4) is 0 Å². The van der Waals surface area contributed by atoms with Crippen molar-refractivity contribution in [2.75, 3.05) is 12.3 Å². The Morgan fingerprint density at radius 1 is 1.40 bits per heavy atom. The van der Waals surface area contributed by atoms with E-state index in [0.717, 1.165) is 4.31 Å². The molecule has 0 aliphatic rings. The van der Waals surface area contributed by atoms with Crippen LogP contribution in [0, 0.1) is 0 Å². The van der Waals surface area contributed by atoms with Crippen molar-refractivity contribution >= 4 is 21.6 Å². The Bertz CT molecular complexity index is 433. The molecule has 0 aliphatic carbocycles. The van der Waals surface area contributed by atoms with E-state index in [4.69, 9.17) is 11.6 Å². The third kappa shape index (κ3) is 3.09. The highest BCUT2D eigenvalue weighted by molar-refractivity contribution is 7.90. The Hall–Kier alpha value is -0.780. The summed E-state index contributed by atoms with van der Waals surface area (Å²) in [6.07, 6.45) is 0. The van der Waals surface area contributed by atoms with Crippen LogP contribution in [-0.2, 0) is 16.6 Å². The number of sulfonamides is 1. The summed E-state index contributed by atoms with van der Waals surface area (Å²) in [7, 11) is -2.00. The SMILES string of the molecule is CN(Cc1ccccc1O)S(=O)(=O)CCl. The van der Waals surface area contributed by atoms with Gasteiger partial charge < -0.3 is 5.11 Å². The second-order valence-electron chi connectivity index (χ2n) is 3.11. The van der Waals surface area contributed by atoms with Gasteiger partial charge in [-0.15, -0.1) is 11.6 Å². The van der Waals surface area contributed by atoms with E-state index in [-0.39, 0.29) is 12.3 Å². The Kier molecular flexibility index (Phi) is 3.96. The van der Waals surface area contributed by atoms with E-state index in [1.165, 1.54) is 13.1 Å². The highest BCUT2D eigenvalue weighted by Crippen LogP contribution is 2.18. The Morgan fingerprint density at radius 3 is 2.53 bits per heavy atom. The first-order valence-electron chi connectivity index (χ1n) is 4.24. The second-order valence-corrected chi connectivity index (χ2v) is 5.77. The summed E-state index contributed by atoms with van der Waals surface area (Å²) >= 11 is 5.30. The molecule has 15 heavy (non-hydrogen) atoms. The van der Waals surface area contributed by atoms with E-state index in [9.17, 15) is 13.5 Å². The first kappa shape index (κ1) is 12.3. The third-order valence-electron chi connectivity index (χ3n) is 2.00. The number of phenolic OH excluding ortho intramolecular Hbond substituents is 1. The molecule has 0 saturated carbocycles. The molecule has 0 amide bonds. The van der Waals surface area contributed by atoms with Gasteiger partial charge in [0.2, 0.25) is 10.0 Å². The summed E-state index contributed by atoms with van der Waals surface area (Å²) in [5.74, 6) is 0.0779. The molecule has 1 N–H and O–H groups in total. The van der Waals surface area contributed by atoms with Crippen molar-refractivity contribution in [3.63, 3.8) is 0 Å². The monoisotopic (exact) mass is 249 g/mol. The van der Waals surface area contributed by atoms with Crippen LogP contribution in [0.15, 0.2) is 24.3 Å². The van der Waals surface area contributed by atoms with Gasteiger partial charge in [0.25, 0.3) is 0 Å². The van der Waals surface area contributed by atoms with Gasteiger partial charge in [-0.05, 0) is 6.07 Å². The summed E-state index contributed by atoms with van der Waals surface area (Å²) in [5.41, 5.74) is 0.550. The van der Waals surface area contributed by atoms with Crippen molar-refractivity contribution in [1.29, 1.82) is 0 Å². The molecule has 0 saturated heterocycles. The Balaban J connectivity index is 2.84. The third-order valence-corrected chi connectivity index (χ3v) is 4.18. The van der Waals surface area contributed by atoms with Crippen LogP contribution in [0.1, 0.15) is 5.56 Å². The number of rotatable bonds is 4. The van der Waals surface area contributed by atoms with Crippen molar-refractivity contribution in [3.8, 4) is 5.75 Å². The number of aromatic hydroxyl groups is 1. The van der Waals surface area contributed by atoms with Crippen LogP contribution in [0.5, 0.6) is 5.75 Å². The predicted octanol–water partition coefficient (Wildman–Crippen LogP) is 1.35. The zero-order valence-electron chi connectivity index (χ0n) is 8.22. The molecule has 1 rings (SSSR count). The van der Waals surface area contributed by atoms with E-state index in [1.54, 1.807) is 18.2 Å². The van der Waals surface area contributed by atoms with Gasteiger partial charge in [0.1, 0.15) is 11.0 Å². The van der Waals surface area contributed by atoms with Gasteiger partial charge in [-0.3, -0.25) is 0 Å². The minimum atomic E-state index is -3.43. The highest BCUT2D eigenvalue weighted by atomic mass is 35.5. The maximum absolute atomic E-state index is 11.3. The van der Waals surface area contributed by atoms with E-state index >= 15 is 0 Å². The molecular weight excluding hydrogens is 238 g/mol. The maximum Gasteiger partial charge on any atom is 0.228 e. The van der Waals surface area contributed by atoms with Crippen LogP contribution in [0.25, 0.3) is 0 Å². The minimum Gasteiger partial charge on any atom is -0.508 e. The molecule has 0 fully saturated rings. The first-order chi connectivity index (χ1) is 6.97. The number of phenols is 1. The van der Waals surface area contributed by atoms with E-state index < -0.39 is 15.2 Å². The van der Waals surface area contributed by atoms with Gasteiger partial charge in [-0.1, -0.05) is 18.2 Å². The fourth-order valence-electron chi connectivity index (χ4n) is 1.07. The Morgan fingerprint density at radius 2 is 2.00 bits per heavy atom. The lowest BCUT2D eigenvalue weighted by atomic mass is 10.2. The van der Waals surface area contributed by atoms with Gasteiger partial charge in [0, 0.05) is 19.2 Å². The normalized spacial score (nSPS) is 11.9. The molecule has 4 nitrogen and oxygen atoms in total. The molecular formula is C9H12ClNO3S. The molecule has 84 valence electrons. The fourth-order valence-corrected chi connectivity index (χ4v) is 2.07. The smallest absolute Gasteiger partial charge is 0.228 e. The lowest BCUT2D eigenvalue weighted by Gasteiger charge is -2.15. The van der Waals surface area contributed by atoms with Gasteiger partial charge in [0.05, 0.1) is 0 Å². The molecule has 0 aliphatic heterocycles. The van der Waals surface area contributed by atoms with Gasteiger partial charge >= 0.3 is 0 Å².